The maximum Gasteiger partial charge on any atom is 0.254 e. The van der Waals surface area contributed by atoms with Crippen molar-refractivity contribution in [2.24, 2.45) is 0 Å². The van der Waals surface area contributed by atoms with E-state index in [9.17, 15) is 4.79 Å². The van der Waals surface area contributed by atoms with E-state index in [1.54, 1.807) is 24.5 Å². The number of rotatable bonds is 5. The van der Waals surface area contributed by atoms with Crippen LogP contribution in [0, 0.1) is 0 Å². The van der Waals surface area contributed by atoms with Gasteiger partial charge in [0.2, 0.25) is 0 Å². The fraction of sp³-hybridized carbons (Fsp3) is 0.294. The Morgan fingerprint density at radius 1 is 1.32 bits per heavy atom. The van der Waals surface area contributed by atoms with Crippen LogP contribution in [0.5, 0.6) is 5.75 Å². The monoisotopic (exact) mass is 355 g/mol. The third kappa shape index (κ3) is 3.53. The molecule has 0 N–H and O–H groups in total. The van der Waals surface area contributed by atoms with Crippen molar-refractivity contribution in [1.82, 2.24) is 24.9 Å². The van der Waals surface area contributed by atoms with Gasteiger partial charge in [0.15, 0.2) is 0 Å². The first-order valence-electron chi connectivity index (χ1n) is 8.04. The highest BCUT2D eigenvalue weighted by molar-refractivity contribution is 7.08. The van der Waals surface area contributed by atoms with E-state index in [1.807, 2.05) is 32.6 Å². The van der Waals surface area contributed by atoms with Crippen LogP contribution in [0.1, 0.15) is 28.5 Å². The average Bonchev–Trinajstić information content (AvgIpc) is 3.41. The summed E-state index contributed by atoms with van der Waals surface area (Å²) < 4.78 is 7.50. The number of carbonyl (C=O) groups is 1. The Morgan fingerprint density at radius 3 is 3.00 bits per heavy atom. The van der Waals surface area contributed by atoms with E-state index in [4.69, 9.17) is 4.74 Å². The Morgan fingerprint density at radius 2 is 2.20 bits per heavy atom. The molecule has 1 amide bonds. The summed E-state index contributed by atoms with van der Waals surface area (Å²) in [5.74, 6) is 0.836. The van der Waals surface area contributed by atoms with Gasteiger partial charge in [-0.1, -0.05) is 5.21 Å². The van der Waals surface area contributed by atoms with Crippen LogP contribution in [0.25, 0.3) is 0 Å². The van der Waals surface area contributed by atoms with Crippen molar-refractivity contribution in [2.45, 2.75) is 19.1 Å². The van der Waals surface area contributed by atoms with Crippen LogP contribution in [-0.4, -0.2) is 43.9 Å². The van der Waals surface area contributed by atoms with Gasteiger partial charge in [-0.25, -0.2) is 4.68 Å². The van der Waals surface area contributed by atoms with Crippen LogP contribution in [0.4, 0.5) is 0 Å². The molecule has 0 bridgehead atoms. The molecular formula is C17H17N5O2S. The maximum absolute atomic E-state index is 12.4. The standard InChI is InChI=1S/C17H17N5O2S/c23-17(13-4-8-25-12-13)21-7-3-15(10-21)22-9-14(19-20-22)11-24-16-1-5-18-6-2-16/h1-2,4-6,8-9,12,15H,3,7,10-11H2. The zero-order chi connectivity index (χ0) is 17.1. The first-order chi connectivity index (χ1) is 12.3. The summed E-state index contributed by atoms with van der Waals surface area (Å²) in [6.45, 7) is 1.75. The predicted octanol–water partition coefficient (Wildman–Crippen LogP) is 2.40. The second-order valence-electron chi connectivity index (χ2n) is 5.87. The molecule has 0 spiro atoms. The SMILES string of the molecule is O=C(c1ccsc1)N1CCC(n2cc(COc3ccncc3)nn2)C1. The molecule has 4 rings (SSSR count). The van der Waals surface area contributed by atoms with Crippen molar-refractivity contribution in [2.75, 3.05) is 13.1 Å². The van der Waals surface area contributed by atoms with E-state index in [0.717, 1.165) is 30.0 Å². The summed E-state index contributed by atoms with van der Waals surface area (Å²) in [5, 5.41) is 12.2. The topological polar surface area (TPSA) is 73.1 Å². The number of aromatic nitrogens is 4. The van der Waals surface area contributed by atoms with Crippen molar-refractivity contribution in [1.29, 1.82) is 0 Å². The first kappa shape index (κ1) is 15.8. The molecule has 128 valence electrons. The minimum absolute atomic E-state index is 0.0881. The average molecular weight is 355 g/mol. The van der Waals surface area contributed by atoms with E-state index in [2.05, 4.69) is 15.3 Å². The molecule has 25 heavy (non-hydrogen) atoms. The van der Waals surface area contributed by atoms with Crippen molar-refractivity contribution in [3.05, 3.63) is 58.8 Å². The predicted molar refractivity (Wildman–Crippen MR) is 92.5 cm³/mol. The lowest BCUT2D eigenvalue weighted by Crippen LogP contribution is -2.28. The van der Waals surface area contributed by atoms with Gasteiger partial charge in [0.25, 0.3) is 5.91 Å². The molecule has 1 aliphatic heterocycles. The smallest absolute Gasteiger partial charge is 0.254 e. The molecule has 7 nitrogen and oxygen atoms in total. The molecule has 1 fully saturated rings. The van der Waals surface area contributed by atoms with Crippen LogP contribution in [0.3, 0.4) is 0 Å². The summed E-state index contributed by atoms with van der Waals surface area (Å²) in [4.78, 5) is 18.2. The van der Waals surface area contributed by atoms with Gasteiger partial charge in [0.1, 0.15) is 18.1 Å². The van der Waals surface area contributed by atoms with Gasteiger partial charge < -0.3 is 9.64 Å². The number of thiophene rings is 1. The summed E-state index contributed by atoms with van der Waals surface area (Å²) in [6, 6.07) is 5.62. The van der Waals surface area contributed by atoms with E-state index in [0.29, 0.717) is 13.2 Å². The number of pyridine rings is 1. The quantitative estimate of drug-likeness (QED) is 0.703. The van der Waals surface area contributed by atoms with Gasteiger partial charge in [-0.3, -0.25) is 9.78 Å². The molecule has 4 heterocycles. The van der Waals surface area contributed by atoms with Crippen molar-refractivity contribution >= 4 is 17.2 Å². The van der Waals surface area contributed by atoms with Gasteiger partial charge in [-0.05, 0) is 30.0 Å². The Labute approximate surface area is 148 Å². The number of carbonyl (C=O) groups excluding carboxylic acids is 1. The maximum atomic E-state index is 12.4. The Bertz CT molecular complexity index is 834. The second-order valence-corrected chi connectivity index (χ2v) is 6.65. The van der Waals surface area contributed by atoms with Crippen LogP contribution in [0.15, 0.2) is 47.5 Å². The molecule has 0 saturated carbocycles. The molecular weight excluding hydrogens is 338 g/mol. The first-order valence-corrected chi connectivity index (χ1v) is 8.99. The van der Waals surface area contributed by atoms with Crippen molar-refractivity contribution in [3.8, 4) is 5.75 Å². The number of hydrogen-bond acceptors (Lipinski definition) is 6. The zero-order valence-corrected chi connectivity index (χ0v) is 14.3. The van der Waals surface area contributed by atoms with Gasteiger partial charge >= 0.3 is 0 Å². The molecule has 0 radical (unpaired) electrons. The van der Waals surface area contributed by atoms with Crippen LogP contribution < -0.4 is 4.74 Å². The summed E-state index contributed by atoms with van der Waals surface area (Å²) in [7, 11) is 0. The fourth-order valence-corrected chi connectivity index (χ4v) is 3.49. The molecule has 1 saturated heterocycles. The number of hydrogen-bond donors (Lipinski definition) is 0. The molecule has 8 heteroatoms. The summed E-state index contributed by atoms with van der Waals surface area (Å²) >= 11 is 1.54. The van der Waals surface area contributed by atoms with E-state index in [1.165, 1.54) is 11.3 Å². The van der Waals surface area contributed by atoms with Crippen LogP contribution >= 0.6 is 11.3 Å². The zero-order valence-electron chi connectivity index (χ0n) is 13.5. The van der Waals surface area contributed by atoms with Gasteiger partial charge in [-0.15, -0.1) is 5.10 Å². The molecule has 3 aromatic rings. The van der Waals surface area contributed by atoms with Gasteiger partial charge in [0.05, 0.1) is 17.8 Å². The second kappa shape index (κ2) is 7.02. The third-order valence-corrected chi connectivity index (χ3v) is 4.87. The van der Waals surface area contributed by atoms with E-state index >= 15 is 0 Å². The van der Waals surface area contributed by atoms with Crippen molar-refractivity contribution in [3.63, 3.8) is 0 Å². The normalized spacial score (nSPS) is 17.0. The Balaban J connectivity index is 1.35. The Hall–Kier alpha value is -2.74. The summed E-state index contributed by atoms with van der Waals surface area (Å²) in [6.07, 6.45) is 6.14. The minimum Gasteiger partial charge on any atom is -0.487 e. The highest BCUT2D eigenvalue weighted by Crippen LogP contribution is 2.23. The fourth-order valence-electron chi connectivity index (χ4n) is 2.86. The van der Waals surface area contributed by atoms with Crippen molar-refractivity contribution < 1.29 is 9.53 Å². The molecule has 1 aliphatic rings. The van der Waals surface area contributed by atoms with E-state index in [-0.39, 0.29) is 11.9 Å². The summed E-state index contributed by atoms with van der Waals surface area (Å²) in [5.41, 5.74) is 1.52. The van der Waals surface area contributed by atoms with E-state index < -0.39 is 0 Å². The highest BCUT2D eigenvalue weighted by Gasteiger charge is 2.29. The van der Waals surface area contributed by atoms with Crippen LogP contribution in [0.2, 0.25) is 0 Å². The molecule has 1 unspecified atom stereocenters. The lowest BCUT2D eigenvalue weighted by atomic mass is 10.3. The van der Waals surface area contributed by atoms with Crippen LogP contribution in [-0.2, 0) is 6.61 Å². The number of nitrogens with zero attached hydrogens (tertiary/aromatic N) is 5. The lowest BCUT2D eigenvalue weighted by Gasteiger charge is -2.15. The Kier molecular flexibility index (Phi) is 4.43. The van der Waals surface area contributed by atoms with Gasteiger partial charge in [0, 0.05) is 30.9 Å². The molecule has 0 aromatic carbocycles. The molecule has 1 atom stereocenters. The minimum atomic E-state index is 0.0881. The molecule has 3 aromatic heterocycles. The highest BCUT2D eigenvalue weighted by atomic mass is 32.1. The number of ether oxygens (including phenoxy) is 1. The van der Waals surface area contributed by atoms with Gasteiger partial charge in [-0.2, -0.15) is 11.3 Å². The third-order valence-electron chi connectivity index (χ3n) is 4.19. The largest absolute Gasteiger partial charge is 0.487 e. The molecule has 0 aliphatic carbocycles. The number of likely N-dealkylation sites (tertiary alicyclic amines) is 1. The lowest BCUT2D eigenvalue weighted by molar-refractivity contribution is 0.0787. The number of amides is 1.